The number of halogens is 2. The van der Waals surface area contributed by atoms with E-state index in [0.717, 1.165) is 40.2 Å². The van der Waals surface area contributed by atoms with E-state index in [0.29, 0.717) is 5.56 Å². The third-order valence-electron chi connectivity index (χ3n) is 4.22. The summed E-state index contributed by atoms with van der Waals surface area (Å²) in [6.45, 7) is 0. The molecule has 1 aromatic carbocycles. The molecule has 0 aliphatic heterocycles. The smallest absolute Gasteiger partial charge is 0.238 e. The van der Waals surface area contributed by atoms with E-state index in [4.69, 9.17) is 12.2 Å². The lowest BCUT2D eigenvalue weighted by Crippen LogP contribution is -2.03. The first-order chi connectivity index (χ1) is 12.2. The highest BCUT2D eigenvalue weighted by Crippen LogP contribution is 2.39. The zero-order chi connectivity index (χ0) is 17.4. The van der Waals surface area contributed by atoms with Crippen LogP contribution in [0.2, 0.25) is 0 Å². The van der Waals surface area contributed by atoms with Gasteiger partial charge < -0.3 is 5.32 Å². The van der Waals surface area contributed by atoms with Gasteiger partial charge in [-0.05, 0) is 54.2 Å². The Hall–Kier alpha value is -2.26. The van der Waals surface area contributed by atoms with Gasteiger partial charge in [-0.2, -0.15) is 13.5 Å². The fraction of sp³-hybridized carbons (Fsp3) is 0.188. The summed E-state index contributed by atoms with van der Waals surface area (Å²) in [6.07, 6.45) is 4.35. The molecule has 0 saturated carbocycles. The Balaban J connectivity index is 1.87. The Labute approximate surface area is 151 Å². The summed E-state index contributed by atoms with van der Waals surface area (Å²) in [6, 6.07) is 7.12. The third-order valence-corrected chi connectivity index (χ3v) is 4.81. The second-order valence-corrected chi connectivity index (χ2v) is 6.58. The van der Waals surface area contributed by atoms with E-state index in [-0.39, 0.29) is 23.1 Å². The molecule has 2 heterocycles. The molecule has 3 aromatic rings. The number of nitrogens with zero attached hydrogens (tertiary/aromatic N) is 3. The predicted octanol–water partition coefficient (Wildman–Crippen LogP) is 4.75. The summed E-state index contributed by atoms with van der Waals surface area (Å²) in [7, 11) is 0. The van der Waals surface area contributed by atoms with Crippen molar-refractivity contribution in [2.45, 2.75) is 19.3 Å². The number of aryl methyl sites for hydroxylation is 1. The van der Waals surface area contributed by atoms with Crippen LogP contribution in [0, 0.1) is 10.7 Å². The zero-order valence-electron chi connectivity index (χ0n) is 12.9. The van der Waals surface area contributed by atoms with Gasteiger partial charge in [-0.15, -0.1) is 3.89 Å². The van der Waals surface area contributed by atoms with Crippen molar-refractivity contribution in [3.8, 4) is 11.1 Å². The van der Waals surface area contributed by atoms with Crippen LogP contribution in [0.15, 0.2) is 30.5 Å². The van der Waals surface area contributed by atoms with E-state index in [1.165, 1.54) is 17.8 Å². The van der Waals surface area contributed by atoms with Crippen LogP contribution >= 0.6 is 24.6 Å². The average molecular weight is 377 g/mol. The molecular weight excluding hydrogens is 364 g/mol. The second-order valence-electron chi connectivity index (χ2n) is 5.69. The number of H-pyrrole nitrogens is 1. The highest BCUT2D eigenvalue weighted by molar-refractivity contribution is 7.92. The molecule has 5 nitrogen and oxygen atoms in total. The molecule has 25 heavy (non-hydrogen) atoms. The van der Waals surface area contributed by atoms with Crippen molar-refractivity contribution < 1.29 is 8.28 Å². The van der Waals surface area contributed by atoms with Gasteiger partial charge in [0.15, 0.2) is 12.3 Å². The number of benzene rings is 1. The molecule has 2 aromatic heterocycles. The van der Waals surface area contributed by atoms with Gasteiger partial charge in [0.25, 0.3) is 0 Å². The minimum atomic E-state index is -0.550. The van der Waals surface area contributed by atoms with Gasteiger partial charge in [0.1, 0.15) is 0 Å². The molecule has 0 amide bonds. The maximum absolute atomic E-state index is 13.6. The predicted molar refractivity (Wildman–Crippen MR) is 96.4 cm³/mol. The largest absolute Gasteiger partial charge is 0.323 e. The number of pyridine rings is 1. The first kappa shape index (κ1) is 16.2. The lowest BCUT2D eigenvalue weighted by Gasteiger charge is -2.16. The maximum atomic E-state index is 13.6. The molecule has 0 saturated heterocycles. The van der Waals surface area contributed by atoms with E-state index >= 15 is 0 Å². The molecule has 128 valence electrons. The molecule has 0 unspecified atom stereocenters. The molecule has 2 N–H and O–H groups in total. The van der Waals surface area contributed by atoms with Crippen molar-refractivity contribution in [2.24, 2.45) is 0 Å². The Morgan fingerprint density at radius 3 is 2.96 bits per heavy atom. The summed E-state index contributed by atoms with van der Waals surface area (Å²) in [5, 5.41) is 5.81. The van der Waals surface area contributed by atoms with Gasteiger partial charge in [-0.3, -0.25) is 5.10 Å². The highest BCUT2D eigenvalue weighted by atomic mass is 32.2. The van der Waals surface area contributed by atoms with Crippen LogP contribution in [0.3, 0.4) is 0 Å². The van der Waals surface area contributed by atoms with E-state index in [1.54, 1.807) is 6.07 Å². The number of fused-ring (bicyclic) bond motifs is 1. The van der Waals surface area contributed by atoms with E-state index < -0.39 is 5.95 Å². The van der Waals surface area contributed by atoms with Crippen LogP contribution in [0.1, 0.15) is 17.5 Å². The summed E-state index contributed by atoms with van der Waals surface area (Å²) < 4.78 is 28.0. The van der Waals surface area contributed by atoms with Crippen LogP contribution in [0.5, 0.6) is 0 Å². The molecular formula is C16H13F2N5S2. The Morgan fingerprint density at radius 2 is 2.16 bits per heavy atom. The zero-order valence-corrected chi connectivity index (χ0v) is 14.6. The molecule has 1 aliphatic rings. The SMILES string of the molecule is FSn1[nH]c(=S)nc1Nc1c(-c2ccnc(F)c2)ccc2c1CCC2. The molecule has 0 bridgehead atoms. The second kappa shape index (κ2) is 6.57. The summed E-state index contributed by atoms with van der Waals surface area (Å²) in [4.78, 5) is 7.73. The Bertz CT molecular complexity index is 998. The van der Waals surface area contributed by atoms with Crippen molar-refractivity contribution in [1.29, 1.82) is 0 Å². The minimum absolute atomic E-state index is 0.0277. The number of hydrogen-bond donors (Lipinski definition) is 2. The van der Waals surface area contributed by atoms with Crippen LogP contribution < -0.4 is 5.32 Å². The number of nitrogens with one attached hydrogen (secondary N) is 2. The minimum Gasteiger partial charge on any atom is -0.323 e. The van der Waals surface area contributed by atoms with Crippen LogP contribution in [0.4, 0.5) is 19.9 Å². The van der Waals surface area contributed by atoms with Crippen molar-refractivity contribution in [2.75, 3.05) is 5.32 Å². The van der Waals surface area contributed by atoms with E-state index in [2.05, 4.69) is 26.4 Å². The molecule has 0 spiro atoms. The lowest BCUT2D eigenvalue weighted by atomic mass is 9.98. The van der Waals surface area contributed by atoms with Gasteiger partial charge in [0, 0.05) is 17.8 Å². The van der Waals surface area contributed by atoms with Gasteiger partial charge >= 0.3 is 0 Å². The molecule has 0 atom stereocenters. The van der Waals surface area contributed by atoms with Crippen molar-refractivity contribution in [1.82, 2.24) is 19.2 Å². The van der Waals surface area contributed by atoms with Crippen molar-refractivity contribution in [3.63, 3.8) is 0 Å². The molecule has 1 aliphatic carbocycles. The number of aromatic nitrogens is 4. The first-order valence-electron chi connectivity index (χ1n) is 7.67. The standard InChI is InChI=1S/C16H13F2N5S2/c17-13-8-10(6-7-19-13)12-5-4-9-2-1-3-11(9)14(12)20-15-21-16(24)22-23(15)25-18/h4-8H,1-3H2,(H2,20,21,22,24). The fourth-order valence-corrected chi connectivity index (χ4v) is 3.67. The maximum Gasteiger partial charge on any atom is 0.238 e. The van der Waals surface area contributed by atoms with E-state index in [9.17, 15) is 8.28 Å². The van der Waals surface area contributed by atoms with Crippen molar-refractivity contribution in [3.05, 3.63) is 52.3 Å². The Kier molecular flexibility index (Phi) is 4.26. The lowest BCUT2D eigenvalue weighted by molar-refractivity contribution is 0.584. The van der Waals surface area contributed by atoms with Gasteiger partial charge in [0.2, 0.25) is 16.7 Å². The molecule has 0 radical (unpaired) electrons. The average Bonchev–Trinajstić information content (AvgIpc) is 3.21. The normalized spacial score (nSPS) is 13.0. The third kappa shape index (κ3) is 3.05. The number of anilines is 2. The van der Waals surface area contributed by atoms with Crippen molar-refractivity contribution >= 4 is 36.2 Å². The summed E-state index contributed by atoms with van der Waals surface area (Å²) in [5.74, 6) is -0.292. The molecule has 0 fully saturated rings. The van der Waals surface area contributed by atoms with Crippen LogP contribution in [-0.4, -0.2) is 19.2 Å². The van der Waals surface area contributed by atoms with Crippen LogP contribution in [-0.2, 0) is 12.8 Å². The number of hydrogen-bond acceptors (Lipinski definition) is 5. The summed E-state index contributed by atoms with van der Waals surface area (Å²) in [5.41, 5.74) is 4.67. The van der Waals surface area contributed by atoms with Gasteiger partial charge in [0.05, 0.1) is 5.69 Å². The van der Waals surface area contributed by atoms with E-state index in [1.807, 2.05) is 6.07 Å². The highest BCUT2D eigenvalue weighted by Gasteiger charge is 2.21. The first-order valence-corrected chi connectivity index (χ1v) is 8.76. The van der Waals surface area contributed by atoms with Crippen LogP contribution in [0.25, 0.3) is 11.1 Å². The molecule has 9 heteroatoms. The molecule has 4 rings (SSSR count). The fourth-order valence-electron chi connectivity index (χ4n) is 3.17. The quantitative estimate of drug-likeness (QED) is 0.507. The summed E-state index contributed by atoms with van der Waals surface area (Å²) >= 11 is 4.95. The number of rotatable bonds is 4. The van der Waals surface area contributed by atoms with Gasteiger partial charge in [-0.1, -0.05) is 12.1 Å². The van der Waals surface area contributed by atoms with Gasteiger partial charge in [-0.25, -0.2) is 4.98 Å². The topological polar surface area (TPSA) is 58.5 Å². The monoisotopic (exact) mass is 377 g/mol. The number of aromatic amines is 1. The Morgan fingerprint density at radius 1 is 1.28 bits per heavy atom.